The summed E-state index contributed by atoms with van der Waals surface area (Å²) in [5.41, 5.74) is 3.25. The molecule has 0 fully saturated rings. The Labute approximate surface area is 284 Å². The molecule has 49 heavy (non-hydrogen) atoms. The highest BCUT2D eigenvalue weighted by Gasteiger charge is 2.12. The van der Waals surface area contributed by atoms with Crippen LogP contribution in [0.5, 0.6) is 11.5 Å². The van der Waals surface area contributed by atoms with Gasteiger partial charge in [0.15, 0.2) is 11.6 Å². The highest BCUT2D eigenvalue weighted by molar-refractivity contribution is 5.63. The quantitative estimate of drug-likeness (QED) is 0.0990. The number of aromatic hydroxyl groups is 1. The highest BCUT2D eigenvalue weighted by atomic mass is 16.5. The van der Waals surface area contributed by atoms with E-state index < -0.39 is 0 Å². The van der Waals surface area contributed by atoms with Crippen LogP contribution in [0.4, 0.5) is 35.2 Å². The van der Waals surface area contributed by atoms with Gasteiger partial charge in [-0.15, -0.1) is 0 Å². The SMILES string of the molecule is CC(C)Nc1nc(Nc2ccncc2)nc(-c2cccc(O)c2)n1.COc1cccc(-c2nc(Nc3ccncc3)nc(NC(C)C)n2)c1. The van der Waals surface area contributed by atoms with Gasteiger partial charge in [0.05, 0.1) is 7.11 Å². The molecule has 250 valence electrons. The van der Waals surface area contributed by atoms with Crippen LogP contribution in [0.3, 0.4) is 0 Å². The zero-order valence-corrected chi connectivity index (χ0v) is 27.8. The molecule has 4 aromatic heterocycles. The normalized spacial score (nSPS) is 10.6. The van der Waals surface area contributed by atoms with Crippen LogP contribution in [0, 0.1) is 0 Å². The number of nitrogens with one attached hydrogen (secondary N) is 4. The predicted octanol–water partition coefficient (Wildman–Crippen LogP) is 6.71. The number of anilines is 6. The molecule has 4 heterocycles. The summed E-state index contributed by atoms with van der Waals surface area (Å²) in [5, 5.41) is 22.4. The fourth-order valence-electron chi connectivity index (χ4n) is 4.30. The first kappa shape index (κ1) is 33.9. The Balaban J connectivity index is 0.000000191. The van der Waals surface area contributed by atoms with Crippen LogP contribution in [-0.4, -0.2) is 64.2 Å². The molecule has 0 radical (unpaired) electrons. The van der Waals surface area contributed by atoms with Crippen molar-refractivity contribution in [3.63, 3.8) is 0 Å². The van der Waals surface area contributed by atoms with Gasteiger partial charge in [-0.25, -0.2) is 0 Å². The van der Waals surface area contributed by atoms with E-state index in [1.807, 2.05) is 82.3 Å². The second kappa shape index (κ2) is 16.4. The standard InChI is InChI=1S/C18H20N6O.C17H18N6O/c1-12(2)20-17-22-16(13-5-4-6-15(11-13)25-3)23-18(24-17)21-14-7-9-19-10-8-14;1-11(2)19-16-21-15(12-4-3-5-14(24)10-12)22-17(23-16)20-13-6-8-18-9-7-13/h4-12H,1-3H3,(H2,19,20,21,22,23,24);3-11,24H,1-2H3,(H2,18,19,20,21,22,23). The predicted molar refractivity (Wildman–Crippen MR) is 191 cm³/mol. The van der Waals surface area contributed by atoms with Gasteiger partial charge in [-0.3, -0.25) is 9.97 Å². The smallest absolute Gasteiger partial charge is 0.232 e. The lowest BCUT2D eigenvalue weighted by molar-refractivity contribution is 0.415. The average Bonchev–Trinajstić information content (AvgIpc) is 3.09. The number of hydrogen-bond acceptors (Lipinski definition) is 14. The van der Waals surface area contributed by atoms with Gasteiger partial charge in [0.25, 0.3) is 0 Å². The summed E-state index contributed by atoms with van der Waals surface area (Å²) in [4.78, 5) is 34.7. The first-order valence-corrected chi connectivity index (χ1v) is 15.6. The minimum absolute atomic E-state index is 0.162. The first-order chi connectivity index (χ1) is 23.7. The molecule has 0 aliphatic rings. The lowest BCUT2D eigenvalue weighted by Crippen LogP contribution is -2.14. The molecular weight excluding hydrogens is 620 g/mol. The Morgan fingerprint density at radius 1 is 0.551 bits per heavy atom. The van der Waals surface area contributed by atoms with Crippen molar-refractivity contribution in [1.29, 1.82) is 0 Å². The van der Waals surface area contributed by atoms with Gasteiger partial charge < -0.3 is 31.1 Å². The molecule has 6 rings (SSSR count). The van der Waals surface area contributed by atoms with Crippen molar-refractivity contribution in [2.45, 2.75) is 39.8 Å². The van der Waals surface area contributed by atoms with Crippen LogP contribution in [0.2, 0.25) is 0 Å². The van der Waals surface area contributed by atoms with Crippen molar-refractivity contribution < 1.29 is 9.84 Å². The molecule has 2 aromatic carbocycles. The van der Waals surface area contributed by atoms with Gasteiger partial charge in [-0.05, 0) is 76.2 Å². The van der Waals surface area contributed by atoms with E-state index in [2.05, 4.69) is 61.1 Å². The number of methoxy groups -OCH3 is 1. The lowest BCUT2D eigenvalue weighted by Gasteiger charge is -2.12. The number of pyridine rings is 2. The van der Waals surface area contributed by atoms with E-state index in [0.29, 0.717) is 41.0 Å². The van der Waals surface area contributed by atoms with Crippen LogP contribution < -0.4 is 26.0 Å². The fourth-order valence-corrected chi connectivity index (χ4v) is 4.30. The molecular formula is C35H38N12O2. The van der Waals surface area contributed by atoms with E-state index in [0.717, 1.165) is 22.7 Å². The number of ether oxygens (including phenoxy) is 1. The molecule has 5 N–H and O–H groups in total. The molecule has 0 bridgehead atoms. The number of nitrogens with zero attached hydrogens (tertiary/aromatic N) is 8. The second-order valence-corrected chi connectivity index (χ2v) is 11.2. The molecule has 0 spiro atoms. The molecule has 0 amide bonds. The molecule has 0 saturated carbocycles. The third-order valence-corrected chi connectivity index (χ3v) is 6.41. The molecule has 0 aliphatic heterocycles. The molecule has 0 atom stereocenters. The summed E-state index contributed by atoms with van der Waals surface area (Å²) < 4.78 is 5.29. The number of aromatic nitrogens is 8. The molecule has 14 heteroatoms. The van der Waals surface area contributed by atoms with Gasteiger partial charge in [0.1, 0.15) is 11.5 Å². The molecule has 14 nitrogen and oxygen atoms in total. The van der Waals surface area contributed by atoms with Crippen molar-refractivity contribution in [1.82, 2.24) is 39.9 Å². The summed E-state index contributed by atoms with van der Waals surface area (Å²) >= 11 is 0. The number of benzene rings is 2. The van der Waals surface area contributed by atoms with Crippen molar-refractivity contribution in [3.05, 3.63) is 97.6 Å². The lowest BCUT2D eigenvalue weighted by atomic mass is 10.2. The third-order valence-electron chi connectivity index (χ3n) is 6.41. The minimum atomic E-state index is 0.162. The van der Waals surface area contributed by atoms with Gasteiger partial charge >= 0.3 is 0 Å². The van der Waals surface area contributed by atoms with E-state index in [4.69, 9.17) is 4.74 Å². The number of phenolic OH excluding ortho intramolecular Hbond substituents is 1. The van der Waals surface area contributed by atoms with E-state index in [1.165, 1.54) is 0 Å². The third kappa shape index (κ3) is 10.3. The van der Waals surface area contributed by atoms with Crippen LogP contribution in [0.15, 0.2) is 97.6 Å². The topological polar surface area (TPSA) is 181 Å². The van der Waals surface area contributed by atoms with E-state index in [1.54, 1.807) is 50.1 Å². The maximum absolute atomic E-state index is 9.68. The Kier molecular flexibility index (Phi) is 11.4. The zero-order chi connectivity index (χ0) is 34.6. The highest BCUT2D eigenvalue weighted by Crippen LogP contribution is 2.25. The Bertz CT molecular complexity index is 1940. The van der Waals surface area contributed by atoms with Gasteiger partial charge in [0.2, 0.25) is 23.8 Å². The maximum atomic E-state index is 9.68. The van der Waals surface area contributed by atoms with Crippen LogP contribution in [0.25, 0.3) is 22.8 Å². The van der Waals surface area contributed by atoms with E-state index in [9.17, 15) is 5.11 Å². The summed E-state index contributed by atoms with van der Waals surface area (Å²) in [6.07, 6.45) is 6.79. The van der Waals surface area contributed by atoms with Crippen molar-refractivity contribution in [3.8, 4) is 34.3 Å². The fraction of sp³-hybridized carbons (Fsp3) is 0.200. The molecule has 6 aromatic rings. The average molecular weight is 659 g/mol. The van der Waals surface area contributed by atoms with Gasteiger partial charge in [-0.2, -0.15) is 29.9 Å². The summed E-state index contributed by atoms with van der Waals surface area (Å²) in [7, 11) is 1.63. The Morgan fingerprint density at radius 2 is 1.00 bits per heavy atom. The van der Waals surface area contributed by atoms with Crippen molar-refractivity contribution in [2.24, 2.45) is 0 Å². The summed E-state index contributed by atoms with van der Waals surface area (Å²) in [6, 6.07) is 22.2. The Hall–Kier alpha value is -6.44. The van der Waals surface area contributed by atoms with E-state index in [-0.39, 0.29) is 17.8 Å². The van der Waals surface area contributed by atoms with E-state index >= 15 is 0 Å². The van der Waals surface area contributed by atoms with Crippen molar-refractivity contribution in [2.75, 3.05) is 28.4 Å². The van der Waals surface area contributed by atoms with Crippen LogP contribution in [-0.2, 0) is 0 Å². The summed E-state index contributed by atoms with van der Waals surface area (Å²) in [6.45, 7) is 8.08. The monoisotopic (exact) mass is 658 g/mol. The minimum Gasteiger partial charge on any atom is -0.508 e. The van der Waals surface area contributed by atoms with Crippen LogP contribution >= 0.6 is 0 Å². The molecule has 0 aliphatic carbocycles. The molecule has 0 unspecified atom stereocenters. The van der Waals surface area contributed by atoms with Crippen molar-refractivity contribution >= 4 is 35.2 Å². The first-order valence-electron chi connectivity index (χ1n) is 15.6. The summed E-state index contributed by atoms with van der Waals surface area (Å²) in [5.74, 6) is 3.80. The maximum Gasteiger partial charge on any atom is 0.232 e. The zero-order valence-electron chi connectivity index (χ0n) is 27.8. The van der Waals surface area contributed by atoms with Gasteiger partial charge in [0, 0.05) is 59.4 Å². The van der Waals surface area contributed by atoms with Gasteiger partial charge in [-0.1, -0.05) is 24.3 Å². The Morgan fingerprint density at radius 3 is 1.45 bits per heavy atom. The number of phenols is 1. The van der Waals surface area contributed by atoms with Crippen LogP contribution in [0.1, 0.15) is 27.7 Å². The largest absolute Gasteiger partial charge is 0.508 e. The number of hydrogen-bond donors (Lipinski definition) is 5. The number of rotatable bonds is 11. The molecule has 0 saturated heterocycles. The second-order valence-electron chi connectivity index (χ2n) is 11.2.